The molecule has 0 aliphatic carbocycles. The summed E-state index contributed by atoms with van der Waals surface area (Å²) in [7, 11) is 0. The van der Waals surface area contributed by atoms with Gasteiger partial charge in [-0.05, 0) is 17.8 Å². The van der Waals surface area contributed by atoms with E-state index in [-0.39, 0.29) is 35.7 Å². The number of hydrogen-bond acceptors (Lipinski definition) is 3. The fourth-order valence-corrected chi connectivity index (χ4v) is 1.99. The van der Waals surface area contributed by atoms with Crippen LogP contribution in [0.4, 0.5) is 0 Å². The molecular weight excluding hydrogens is 291 g/mol. The van der Waals surface area contributed by atoms with Crippen molar-refractivity contribution in [2.24, 2.45) is 17.8 Å². The molecule has 22 heavy (non-hydrogen) atoms. The van der Waals surface area contributed by atoms with Gasteiger partial charge in [-0.3, -0.25) is 0 Å². The van der Waals surface area contributed by atoms with E-state index < -0.39 is 0 Å². The Labute approximate surface area is 150 Å². The Hall–Kier alpha value is 0.412. The topological polar surface area (TPSA) is 69.2 Å². The van der Waals surface area contributed by atoms with Crippen LogP contribution < -0.4 is 15.3 Å². The molecule has 3 unspecified atom stereocenters. The molecule has 3 nitrogen and oxygen atoms in total. The van der Waals surface area contributed by atoms with Crippen LogP contribution in [0.3, 0.4) is 0 Å². The second-order valence-electron chi connectivity index (χ2n) is 7.32. The Balaban J connectivity index is -0.000000108. The van der Waals surface area contributed by atoms with Crippen molar-refractivity contribution in [2.45, 2.75) is 99.9 Å². The third kappa shape index (κ3) is 49.9. The third-order valence-corrected chi connectivity index (χ3v) is 2.41. The van der Waals surface area contributed by atoms with Crippen molar-refractivity contribution in [1.82, 2.24) is 0 Å². The minimum atomic E-state index is -0.375. The van der Waals surface area contributed by atoms with Gasteiger partial charge < -0.3 is 15.3 Å². The Morgan fingerprint density at radius 3 is 0.591 bits per heavy atom. The van der Waals surface area contributed by atoms with Crippen molar-refractivity contribution in [1.29, 1.82) is 0 Å². The second-order valence-corrected chi connectivity index (χ2v) is 7.32. The summed E-state index contributed by atoms with van der Waals surface area (Å²) in [6.45, 7) is 17.5. The summed E-state index contributed by atoms with van der Waals surface area (Å²) in [5.74, 6) is 1.69. The van der Waals surface area contributed by atoms with Crippen molar-refractivity contribution in [3.63, 3.8) is 0 Å². The third-order valence-electron chi connectivity index (χ3n) is 2.41. The molecule has 3 atom stereocenters. The fraction of sp³-hybridized carbons (Fsp3) is 1.00. The smallest absolute Gasteiger partial charge is 0.852 e. The second kappa shape index (κ2) is 19.5. The molecule has 0 heterocycles. The molecule has 0 fully saturated rings. The monoisotopic (exact) mass is 330 g/mol. The molecule has 0 aromatic carbocycles. The maximum absolute atomic E-state index is 10.3. The summed E-state index contributed by atoms with van der Waals surface area (Å²) in [4.78, 5) is 0. The van der Waals surface area contributed by atoms with Gasteiger partial charge in [0.1, 0.15) is 0 Å². The van der Waals surface area contributed by atoms with Gasteiger partial charge in [0.15, 0.2) is 0 Å². The quantitative estimate of drug-likeness (QED) is 0.699. The zero-order valence-electron chi connectivity index (χ0n) is 16.4. The Morgan fingerprint density at radius 2 is 0.591 bits per heavy atom. The Bertz CT molecular complexity index is 139. The van der Waals surface area contributed by atoms with Crippen LogP contribution in [0, 0.1) is 17.8 Å². The summed E-state index contributed by atoms with van der Waals surface area (Å²) in [6.07, 6.45) is 1.29. The van der Waals surface area contributed by atoms with E-state index in [0.717, 1.165) is 19.3 Å². The zero-order valence-corrected chi connectivity index (χ0v) is 17.5. The predicted octanol–water partition coefficient (Wildman–Crippen LogP) is 1.96. The molecule has 132 valence electrons. The molecule has 0 aromatic heterocycles. The summed E-state index contributed by atoms with van der Waals surface area (Å²) in [5, 5.41) is 31.0. The van der Waals surface area contributed by atoms with Gasteiger partial charge in [-0.15, -0.1) is 18.3 Å². The average Bonchev–Trinajstić information content (AvgIpc) is 2.10. The summed E-state index contributed by atoms with van der Waals surface area (Å²) < 4.78 is 0. The summed E-state index contributed by atoms with van der Waals surface area (Å²) in [5.41, 5.74) is 0. The first-order valence-corrected chi connectivity index (χ1v) is 8.35. The molecule has 0 saturated heterocycles. The molecule has 0 aromatic rings. The van der Waals surface area contributed by atoms with Gasteiger partial charge in [-0.25, -0.2) is 0 Å². The molecule has 0 aliphatic rings. The molecule has 0 amide bonds. The van der Waals surface area contributed by atoms with Gasteiger partial charge in [0.2, 0.25) is 0 Å². The first-order valence-electron chi connectivity index (χ1n) is 8.35. The molecule has 0 bridgehead atoms. The van der Waals surface area contributed by atoms with Gasteiger partial charge in [-0.2, -0.15) is 0 Å². The van der Waals surface area contributed by atoms with Gasteiger partial charge in [-0.1, -0.05) is 81.6 Å². The van der Waals surface area contributed by atoms with Crippen LogP contribution in [0.25, 0.3) is 0 Å². The largest absolute Gasteiger partial charge is 3.00 e. The minimum Gasteiger partial charge on any atom is -0.852 e. The molecule has 0 spiro atoms. The normalized spacial score (nSPS) is 14.3. The Kier molecular flexibility index (Phi) is 26.8. The molecule has 0 rings (SSSR count). The van der Waals surface area contributed by atoms with E-state index in [9.17, 15) is 15.3 Å². The standard InChI is InChI=1S/3C6H13O.Al/c3*1-5(2)4-6(3)7;/h3*5-6H,4H2,1-3H3;/q3*-1;+3. The molecule has 4 heteroatoms. The van der Waals surface area contributed by atoms with E-state index in [2.05, 4.69) is 41.5 Å². The fourth-order valence-electron chi connectivity index (χ4n) is 1.99. The van der Waals surface area contributed by atoms with Gasteiger partial charge in [0, 0.05) is 0 Å². The van der Waals surface area contributed by atoms with Crippen molar-refractivity contribution in [3.05, 3.63) is 0 Å². The van der Waals surface area contributed by atoms with Gasteiger partial charge >= 0.3 is 17.4 Å². The first kappa shape index (κ1) is 30.3. The number of hydrogen-bond donors (Lipinski definition) is 0. The van der Waals surface area contributed by atoms with E-state index in [0.29, 0.717) is 17.8 Å². The van der Waals surface area contributed by atoms with Crippen LogP contribution in [0.15, 0.2) is 0 Å². The molecule has 0 radical (unpaired) electrons. The van der Waals surface area contributed by atoms with Crippen LogP contribution in [0.5, 0.6) is 0 Å². The van der Waals surface area contributed by atoms with E-state index >= 15 is 0 Å². The minimum absolute atomic E-state index is 0. The van der Waals surface area contributed by atoms with Crippen molar-refractivity contribution >= 4 is 17.4 Å². The molecular formula is C18H39AlO3. The molecule has 0 saturated carbocycles. The van der Waals surface area contributed by atoms with E-state index in [1.807, 2.05) is 0 Å². The van der Waals surface area contributed by atoms with Gasteiger partial charge in [0.05, 0.1) is 0 Å². The summed E-state index contributed by atoms with van der Waals surface area (Å²) in [6, 6.07) is 0. The van der Waals surface area contributed by atoms with E-state index in [1.165, 1.54) is 0 Å². The maximum Gasteiger partial charge on any atom is 3.00 e. The first-order chi connectivity index (χ1) is 9.38. The molecule has 0 N–H and O–H groups in total. The van der Waals surface area contributed by atoms with E-state index in [1.54, 1.807) is 20.8 Å². The summed E-state index contributed by atoms with van der Waals surface area (Å²) >= 11 is 0. The van der Waals surface area contributed by atoms with Crippen molar-refractivity contribution < 1.29 is 15.3 Å². The van der Waals surface area contributed by atoms with Crippen molar-refractivity contribution in [3.8, 4) is 0 Å². The molecule has 0 aliphatic heterocycles. The Morgan fingerprint density at radius 1 is 0.455 bits per heavy atom. The van der Waals surface area contributed by atoms with Crippen LogP contribution in [-0.4, -0.2) is 35.7 Å². The van der Waals surface area contributed by atoms with Crippen LogP contribution in [0.1, 0.15) is 81.6 Å². The van der Waals surface area contributed by atoms with Crippen LogP contribution in [-0.2, 0) is 0 Å². The van der Waals surface area contributed by atoms with E-state index in [4.69, 9.17) is 0 Å². The maximum atomic E-state index is 10.3. The van der Waals surface area contributed by atoms with Crippen molar-refractivity contribution in [2.75, 3.05) is 0 Å². The SMILES string of the molecule is CC(C)CC(C)[O-].CC(C)CC(C)[O-].CC(C)CC(C)[O-].[Al+3]. The zero-order chi connectivity index (χ0) is 17.6. The van der Waals surface area contributed by atoms with Gasteiger partial charge in [0.25, 0.3) is 0 Å². The number of rotatable bonds is 6. The van der Waals surface area contributed by atoms with Crippen LogP contribution >= 0.6 is 0 Å². The van der Waals surface area contributed by atoms with Crippen LogP contribution in [0.2, 0.25) is 0 Å². The average molecular weight is 330 g/mol. The predicted molar refractivity (Wildman–Crippen MR) is 92.5 cm³/mol.